The van der Waals surface area contributed by atoms with E-state index in [-0.39, 0.29) is 22.3 Å². The first kappa shape index (κ1) is 17.8. The van der Waals surface area contributed by atoms with Crippen LogP contribution in [-0.2, 0) is 14.8 Å². The standard InChI is InChI=1S/C13H17F3N2O4S/c14-13(15,16)8-18-23(19,20)10-1-2-12(11(17)5-10)22-7-9-3-4-21-6-9/h1-2,5,9,18H,3-4,6-8,17H2. The van der Waals surface area contributed by atoms with Crippen molar-refractivity contribution in [2.45, 2.75) is 17.5 Å². The van der Waals surface area contributed by atoms with Gasteiger partial charge in [-0.05, 0) is 24.6 Å². The van der Waals surface area contributed by atoms with Crippen molar-refractivity contribution >= 4 is 15.7 Å². The van der Waals surface area contributed by atoms with Gasteiger partial charge in [0.2, 0.25) is 10.0 Å². The second kappa shape index (κ2) is 6.93. The van der Waals surface area contributed by atoms with E-state index < -0.39 is 22.7 Å². The molecule has 1 fully saturated rings. The Bertz CT molecular complexity index is 643. The molecular formula is C13H17F3N2O4S. The molecule has 1 aromatic carbocycles. The topological polar surface area (TPSA) is 90.7 Å². The Kier molecular flexibility index (Phi) is 5.37. The van der Waals surface area contributed by atoms with Crippen LogP contribution >= 0.6 is 0 Å². The van der Waals surface area contributed by atoms with E-state index in [9.17, 15) is 21.6 Å². The average Bonchev–Trinajstić information content (AvgIpc) is 2.96. The van der Waals surface area contributed by atoms with Gasteiger partial charge in [-0.1, -0.05) is 0 Å². The van der Waals surface area contributed by atoms with Crippen molar-refractivity contribution in [3.63, 3.8) is 0 Å². The van der Waals surface area contributed by atoms with Gasteiger partial charge in [-0.25, -0.2) is 13.1 Å². The van der Waals surface area contributed by atoms with Gasteiger partial charge in [-0.2, -0.15) is 13.2 Å². The van der Waals surface area contributed by atoms with Crippen LogP contribution in [0.1, 0.15) is 6.42 Å². The zero-order valence-electron chi connectivity index (χ0n) is 12.1. The number of halogens is 3. The second-order valence-electron chi connectivity index (χ2n) is 5.18. The molecule has 130 valence electrons. The van der Waals surface area contributed by atoms with Crippen LogP contribution in [-0.4, -0.2) is 41.0 Å². The van der Waals surface area contributed by atoms with E-state index in [1.165, 1.54) is 10.8 Å². The summed E-state index contributed by atoms with van der Waals surface area (Å²) in [5, 5.41) is 0. The third kappa shape index (κ3) is 5.26. The van der Waals surface area contributed by atoms with Gasteiger partial charge in [0.15, 0.2) is 0 Å². The van der Waals surface area contributed by atoms with E-state index in [1.54, 1.807) is 0 Å². The van der Waals surface area contributed by atoms with E-state index in [1.807, 2.05) is 0 Å². The molecule has 0 spiro atoms. The average molecular weight is 354 g/mol. The van der Waals surface area contributed by atoms with Crippen LogP contribution in [0.3, 0.4) is 0 Å². The highest BCUT2D eigenvalue weighted by atomic mass is 32.2. The molecule has 1 heterocycles. The molecule has 1 unspecified atom stereocenters. The molecule has 0 saturated carbocycles. The maximum absolute atomic E-state index is 12.1. The summed E-state index contributed by atoms with van der Waals surface area (Å²) in [7, 11) is -4.29. The Balaban J connectivity index is 2.02. The molecule has 0 bridgehead atoms. The summed E-state index contributed by atoms with van der Waals surface area (Å²) in [6, 6.07) is 3.54. The number of hydrogen-bond donors (Lipinski definition) is 2. The molecule has 6 nitrogen and oxygen atoms in total. The number of alkyl halides is 3. The zero-order valence-corrected chi connectivity index (χ0v) is 12.9. The van der Waals surface area contributed by atoms with Crippen molar-refractivity contribution in [3.8, 4) is 5.75 Å². The predicted molar refractivity (Wildman–Crippen MR) is 76.5 cm³/mol. The fourth-order valence-electron chi connectivity index (χ4n) is 2.01. The maximum atomic E-state index is 12.1. The normalized spacial score (nSPS) is 19.0. The Morgan fingerprint density at radius 1 is 1.39 bits per heavy atom. The number of benzene rings is 1. The summed E-state index contributed by atoms with van der Waals surface area (Å²) >= 11 is 0. The van der Waals surface area contributed by atoms with Crippen LogP contribution in [0.2, 0.25) is 0 Å². The van der Waals surface area contributed by atoms with Gasteiger partial charge >= 0.3 is 6.18 Å². The third-order valence-electron chi connectivity index (χ3n) is 3.25. The summed E-state index contributed by atoms with van der Waals surface area (Å²) in [5.74, 6) is 0.526. The quantitative estimate of drug-likeness (QED) is 0.756. The van der Waals surface area contributed by atoms with Crippen LogP contribution in [0.5, 0.6) is 5.75 Å². The lowest BCUT2D eigenvalue weighted by Crippen LogP contribution is -2.33. The fourth-order valence-corrected chi connectivity index (χ4v) is 3.06. The lowest BCUT2D eigenvalue weighted by atomic mass is 10.1. The molecule has 1 aromatic rings. The molecule has 1 atom stereocenters. The Labute approximate surface area is 131 Å². The zero-order chi connectivity index (χ0) is 17.1. The predicted octanol–water partition coefficient (Wildman–Crippen LogP) is 1.52. The molecule has 1 aliphatic heterocycles. The minimum Gasteiger partial charge on any atom is -0.491 e. The highest BCUT2D eigenvalue weighted by molar-refractivity contribution is 7.89. The van der Waals surface area contributed by atoms with Crippen LogP contribution in [0.15, 0.2) is 23.1 Å². The number of anilines is 1. The molecule has 10 heteroatoms. The highest BCUT2D eigenvalue weighted by Gasteiger charge is 2.30. The minimum absolute atomic E-state index is 0.0406. The molecule has 0 radical (unpaired) electrons. The number of sulfonamides is 1. The van der Waals surface area contributed by atoms with Gasteiger partial charge in [0.1, 0.15) is 12.3 Å². The maximum Gasteiger partial charge on any atom is 0.402 e. The molecule has 1 saturated heterocycles. The number of nitrogen functional groups attached to an aromatic ring is 1. The van der Waals surface area contributed by atoms with E-state index in [0.29, 0.717) is 19.8 Å². The Morgan fingerprint density at radius 2 is 2.13 bits per heavy atom. The Morgan fingerprint density at radius 3 is 2.70 bits per heavy atom. The summed E-state index contributed by atoms with van der Waals surface area (Å²) in [6.07, 6.45) is -3.77. The van der Waals surface area contributed by atoms with E-state index in [2.05, 4.69) is 0 Å². The van der Waals surface area contributed by atoms with E-state index in [4.69, 9.17) is 15.2 Å². The fraction of sp³-hybridized carbons (Fsp3) is 0.538. The van der Waals surface area contributed by atoms with Gasteiger partial charge in [0.25, 0.3) is 0 Å². The van der Waals surface area contributed by atoms with E-state index in [0.717, 1.165) is 18.6 Å². The molecule has 3 N–H and O–H groups in total. The molecule has 1 aliphatic rings. The van der Waals surface area contributed by atoms with Gasteiger partial charge in [0.05, 0.1) is 23.8 Å². The first-order valence-corrected chi connectivity index (χ1v) is 8.32. The van der Waals surface area contributed by atoms with Crippen LogP contribution in [0, 0.1) is 5.92 Å². The lowest BCUT2D eigenvalue weighted by Gasteiger charge is -2.14. The van der Waals surface area contributed by atoms with Crippen molar-refractivity contribution in [1.29, 1.82) is 0 Å². The minimum atomic E-state index is -4.63. The van der Waals surface area contributed by atoms with Crippen molar-refractivity contribution in [2.24, 2.45) is 5.92 Å². The van der Waals surface area contributed by atoms with Gasteiger partial charge in [-0.3, -0.25) is 0 Å². The molecule has 0 aliphatic carbocycles. The number of rotatable bonds is 6. The van der Waals surface area contributed by atoms with Crippen molar-refractivity contribution in [3.05, 3.63) is 18.2 Å². The van der Waals surface area contributed by atoms with Crippen LogP contribution in [0.25, 0.3) is 0 Å². The molecule has 0 amide bonds. The first-order chi connectivity index (χ1) is 10.7. The Hall–Kier alpha value is -1.52. The third-order valence-corrected chi connectivity index (χ3v) is 4.65. The lowest BCUT2D eigenvalue weighted by molar-refractivity contribution is -0.121. The number of ether oxygens (including phenoxy) is 2. The SMILES string of the molecule is Nc1cc(S(=O)(=O)NCC(F)(F)F)ccc1OCC1CCOC1. The summed E-state index contributed by atoms with van der Waals surface area (Å²) in [6.45, 7) is -0.00289. The monoisotopic (exact) mass is 354 g/mol. The van der Waals surface area contributed by atoms with Crippen LogP contribution < -0.4 is 15.2 Å². The molecule has 0 aromatic heterocycles. The second-order valence-corrected chi connectivity index (χ2v) is 6.95. The summed E-state index contributed by atoms with van der Waals surface area (Å²) < 4.78 is 72.1. The number of hydrogen-bond acceptors (Lipinski definition) is 5. The molecular weight excluding hydrogens is 337 g/mol. The van der Waals surface area contributed by atoms with Gasteiger partial charge in [-0.15, -0.1) is 0 Å². The number of nitrogens with one attached hydrogen (secondary N) is 1. The van der Waals surface area contributed by atoms with Gasteiger partial charge in [0, 0.05) is 12.5 Å². The highest BCUT2D eigenvalue weighted by Crippen LogP contribution is 2.26. The van der Waals surface area contributed by atoms with Crippen molar-refractivity contribution in [1.82, 2.24) is 4.72 Å². The molecule has 23 heavy (non-hydrogen) atoms. The van der Waals surface area contributed by atoms with E-state index >= 15 is 0 Å². The van der Waals surface area contributed by atoms with Gasteiger partial charge < -0.3 is 15.2 Å². The summed E-state index contributed by atoms with van der Waals surface area (Å²) in [5.41, 5.74) is 5.75. The largest absolute Gasteiger partial charge is 0.491 e. The molecule has 2 rings (SSSR count). The van der Waals surface area contributed by atoms with Crippen molar-refractivity contribution < 1.29 is 31.1 Å². The smallest absolute Gasteiger partial charge is 0.402 e. The summed E-state index contributed by atoms with van der Waals surface area (Å²) in [4.78, 5) is -0.351. The van der Waals surface area contributed by atoms with Crippen LogP contribution in [0.4, 0.5) is 18.9 Å². The first-order valence-electron chi connectivity index (χ1n) is 6.84. The number of nitrogens with two attached hydrogens (primary N) is 1. The van der Waals surface area contributed by atoms with Crippen molar-refractivity contribution in [2.75, 3.05) is 32.1 Å².